The van der Waals surface area contributed by atoms with Gasteiger partial charge in [-0.3, -0.25) is 9.59 Å². The third-order valence-electron chi connectivity index (χ3n) is 4.11. The van der Waals surface area contributed by atoms with Crippen LogP contribution in [0.25, 0.3) is 16.5 Å². The van der Waals surface area contributed by atoms with Crippen molar-refractivity contribution in [3.05, 3.63) is 76.9 Å². The maximum atomic E-state index is 13.1. The molecule has 3 rings (SSSR count). The first-order valence-corrected chi connectivity index (χ1v) is 9.57. The van der Waals surface area contributed by atoms with Gasteiger partial charge in [-0.25, -0.2) is 4.39 Å². The van der Waals surface area contributed by atoms with Gasteiger partial charge in [0.1, 0.15) is 11.6 Å². The molecule has 2 N–H and O–H groups in total. The van der Waals surface area contributed by atoms with E-state index in [9.17, 15) is 14.0 Å². The van der Waals surface area contributed by atoms with Gasteiger partial charge < -0.3 is 15.4 Å². The standard InChI is InChI=1S/C22H19FN2O3S/c1-24-22(27)18-13-16(28-2)7-10-19(18)25-21(26)12-9-17-8-11-20(29-17)14-3-5-15(23)6-4-14/h3-13H,1-2H3,(H,24,27)(H,25,26)/b12-9+. The van der Waals surface area contributed by atoms with Gasteiger partial charge in [-0.05, 0) is 54.1 Å². The molecule has 0 radical (unpaired) electrons. The molecule has 7 heteroatoms. The van der Waals surface area contributed by atoms with E-state index in [2.05, 4.69) is 10.6 Å². The molecule has 0 fully saturated rings. The number of carbonyl (C=O) groups is 2. The van der Waals surface area contributed by atoms with Crippen LogP contribution in [0.1, 0.15) is 15.2 Å². The average Bonchev–Trinajstić information content (AvgIpc) is 3.21. The minimum absolute atomic E-state index is 0.281. The van der Waals surface area contributed by atoms with Gasteiger partial charge in [0.25, 0.3) is 5.91 Å². The third kappa shape index (κ3) is 5.08. The zero-order valence-electron chi connectivity index (χ0n) is 15.9. The lowest BCUT2D eigenvalue weighted by molar-refractivity contribution is -0.111. The lowest BCUT2D eigenvalue weighted by atomic mass is 10.1. The molecule has 0 aliphatic rings. The normalized spacial score (nSPS) is 10.7. The number of methoxy groups -OCH3 is 1. The number of thiophene rings is 1. The number of benzene rings is 2. The quantitative estimate of drug-likeness (QED) is 0.585. The van der Waals surface area contributed by atoms with Gasteiger partial charge in [-0.2, -0.15) is 0 Å². The van der Waals surface area contributed by atoms with Gasteiger partial charge in [-0.1, -0.05) is 12.1 Å². The van der Waals surface area contributed by atoms with Crippen molar-refractivity contribution in [2.75, 3.05) is 19.5 Å². The van der Waals surface area contributed by atoms with Gasteiger partial charge in [-0.15, -0.1) is 11.3 Å². The van der Waals surface area contributed by atoms with Crippen LogP contribution < -0.4 is 15.4 Å². The maximum absolute atomic E-state index is 13.1. The van der Waals surface area contributed by atoms with Gasteiger partial charge in [0.15, 0.2) is 0 Å². The SMILES string of the molecule is CNC(=O)c1cc(OC)ccc1NC(=O)/C=C/c1ccc(-c2ccc(F)cc2)s1. The largest absolute Gasteiger partial charge is 0.497 e. The van der Waals surface area contributed by atoms with Crippen LogP contribution in [0.3, 0.4) is 0 Å². The summed E-state index contributed by atoms with van der Waals surface area (Å²) in [6.07, 6.45) is 3.09. The summed E-state index contributed by atoms with van der Waals surface area (Å²) < 4.78 is 18.2. The number of nitrogens with one attached hydrogen (secondary N) is 2. The lowest BCUT2D eigenvalue weighted by Gasteiger charge is -2.10. The van der Waals surface area contributed by atoms with Gasteiger partial charge in [0.05, 0.1) is 18.4 Å². The molecule has 0 saturated carbocycles. The molecule has 0 saturated heterocycles. The second kappa shape index (κ2) is 9.16. The smallest absolute Gasteiger partial charge is 0.253 e. The highest BCUT2D eigenvalue weighted by atomic mass is 32.1. The zero-order chi connectivity index (χ0) is 20.8. The third-order valence-corrected chi connectivity index (χ3v) is 5.21. The van der Waals surface area contributed by atoms with E-state index in [0.29, 0.717) is 17.0 Å². The Kier molecular flexibility index (Phi) is 6.41. The van der Waals surface area contributed by atoms with Crippen molar-refractivity contribution in [2.45, 2.75) is 0 Å². The fraction of sp³-hybridized carbons (Fsp3) is 0.0909. The Bertz CT molecular complexity index is 1060. The predicted octanol–water partition coefficient (Wildman–Crippen LogP) is 4.57. The van der Waals surface area contributed by atoms with Gasteiger partial charge >= 0.3 is 0 Å². The number of ether oxygens (including phenoxy) is 1. The van der Waals surface area contributed by atoms with Crippen LogP contribution in [0.15, 0.2) is 60.7 Å². The number of carbonyl (C=O) groups excluding carboxylic acids is 2. The van der Waals surface area contributed by atoms with Crippen LogP contribution in [0, 0.1) is 5.82 Å². The first-order valence-electron chi connectivity index (χ1n) is 8.75. The van der Waals surface area contributed by atoms with E-state index in [1.807, 2.05) is 12.1 Å². The van der Waals surface area contributed by atoms with Gasteiger partial charge in [0.2, 0.25) is 5.91 Å². The van der Waals surface area contributed by atoms with E-state index in [4.69, 9.17) is 4.74 Å². The summed E-state index contributed by atoms with van der Waals surface area (Å²) in [4.78, 5) is 26.2. The molecule has 2 aromatic carbocycles. The Balaban J connectivity index is 1.72. The molecular formula is C22H19FN2O3S. The minimum Gasteiger partial charge on any atom is -0.497 e. The number of halogens is 1. The molecule has 0 unspecified atom stereocenters. The summed E-state index contributed by atoms with van der Waals surface area (Å²) in [7, 11) is 3.02. The van der Waals surface area contributed by atoms with E-state index in [-0.39, 0.29) is 17.6 Å². The van der Waals surface area contributed by atoms with E-state index < -0.39 is 0 Å². The second-order valence-electron chi connectivity index (χ2n) is 6.02. The van der Waals surface area contributed by atoms with Crippen molar-refractivity contribution in [3.63, 3.8) is 0 Å². The topological polar surface area (TPSA) is 67.4 Å². The summed E-state index contributed by atoms with van der Waals surface area (Å²) in [6.45, 7) is 0. The predicted molar refractivity (Wildman–Crippen MR) is 114 cm³/mol. The summed E-state index contributed by atoms with van der Waals surface area (Å²) in [5.74, 6) is -0.455. The zero-order valence-corrected chi connectivity index (χ0v) is 16.7. The maximum Gasteiger partial charge on any atom is 0.253 e. The van der Waals surface area contributed by atoms with Crippen molar-refractivity contribution in [1.82, 2.24) is 5.32 Å². The highest BCUT2D eigenvalue weighted by molar-refractivity contribution is 7.16. The Labute approximate surface area is 171 Å². The van der Waals surface area contributed by atoms with E-state index in [1.54, 1.807) is 36.4 Å². The molecule has 0 aliphatic carbocycles. The van der Waals surface area contributed by atoms with Crippen molar-refractivity contribution in [2.24, 2.45) is 0 Å². The molecule has 1 aromatic heterocycles. The molecule has 0 atom stereocenters. The monoisotopic (exact) mass is 410 g/mol. The van der Waals surface area contributed by atoms with Gasteiger partial charge in [0, 0.05) is 22.9 Å². The van der Waals surface area contributed by atoms with E-state index in [0.717, 1.165) is 15.3 Å². The van der Waals surface area contributed by atoms with Crippen LogP contribution in [0.5, 0.6) is 5.75 Å². The molecule has 1 heterocycles. The Hall–Kier alpha value is -3.45. The van der Waals surface area contributed by atoms with Crippen LogP contribution >= 0.6 is 11.3 Å². The lowest BCUT2D eigenvalue weighted by Crippen LogP contribution is -2.21. The van der Waals surface area contributed by atoms with Crippen LogP contribution in [0.2, 0.25) is 0 Å². The molecule has 5 nitrogen and oxygen atoms in total. The first-order chi connectivity index (χ1) is 14.0. The fourth-order valence-electron chi connectivity index (χ4n) is 2.63. The summed E-state index contributed by atoms with van der Waals surface area (Å²) in [6, 6.07) is 14.9. The minimum atomic E-state index is -0.364. The highest BCUT2D eigenvalue weighted by Crippen LogP contribution is 2.29. The molecular weight excluding hydrogens is 391 g/mol. The van der Waals surface area contributed by atoms with Crippen LogP contribution in [0.4, 0.5) is 10.1 Å². The van der Waals surface area contributed by atoms with Crippen molar-refractivity contribution in [3.8, 4) is 16.2 Å². The van der Waals surface area contributed by atoms with Crippen LogP contribution in [-0.4, -0.2) is 26.0 Å². The van der Waals surface area contributed by atoms with Crippen molar-refractivity contribution >= 4 is 34.9 Å². The van der Waals surface area contributed by atoms with Crippen molar-refractivity contribution < 1.29 is 18.7 Å². The molecule has 0 bridgehead atoms. The number of amides is 2. The van der Waals surface area contributed by atoms with E-state index >= 15 is 0 Å². The molecule has 0 aliphatic heterocycles. The summed E-state index contributed by atoms with van der Waals surface area (Å²) in [5.41, 5.74) is 1.61. The molecule has 148 valence electrons. The number of hydrogen-bond acceptors (Lipinski definition) is 4. The molecule has 2 amide bonds. The average molecular weight is 410 g/mol. The Morgan fingerprint density at radius 3 is 2.52 bits per heavy atom. The highest BCUT2D eigenvalue weighted by Gasteiger charge is 2.13. The molecule has 3 aromatic rings. The molecule has 0 spiro atoms. The van der Waals surface area contributed by atoms with Crippen LogP contribution in [-0.2, 0) is 4.79 Å². The Morgan fingerprint density at radius 1 is 1.07 bits per heavy atom. The molecule has 29 heavy (non-hydrogen) atoms. The number of rotatable bonds is 6. The first kappa shape index (κ1) is 20.3. The van der Waals surface area contributed by atoms with E-state index in [1.165, 1.54) is 43.7 Å². The fourth-order valence-corrected chi connectivity index (χ4v) is 3.54. The number of hydrogen-bond donors (Lipinski definition) is 2. The van der Waals surface area contributed by atoms with Crippen molar-refractivity contribution in [1.29, 1.82) is 0 Å². The summed E-state index contributed by atoms with van der Waals surface area (Å²) >= 11 is 1.49. The summed E-state index contributed by atoms with van der Waals surface area (Å²) in [5, 5.41) is 5.25. The second-order valence-corrected chi connectivity index (χ2v) is 7.14. The number of anilines is 1. The Morgan fingerprint density at radius 2 is 1.83 bits per heavy atom.